The molecule has 2 rings (SSSR count). The van der Waals surface area contributed by atoms with E-state index >= 15 is 0 Å². The zero-order chi connectivity index (χ0) is 16.8. The summed E-state index contributed by atoms with van der Waals surface area (Å²) in [7, 11) is 0. The maximum absolute atomic E-state index is 12.3. The Balaban J connectivity index is 1.97. The molecule has 120 valence electrons. The Morgan fingerprint density at radius 3 is 2.65 bits per heavy atom. The Hall–Kier alpha value is -2.40. The number of benzene rings is 1. The van der Waals surface area contributed by atoms with Crippen molar-refractivity contribution in [2.24, 2.45) is 5.92 Å². The van der Waals surface area contributed by atoms with E-state index in [2.05, 4.69) is 34.7 Å². The number of thioether (sulfide) groups is 1. The minimum atomic E-state index is -0.345. The molecule has 0 fully saturated rings. The molecule has 1 aromatic heterocycles. The maximum Gasteiger partial charge on any atom is 0.237 e. The molecule has 0 aliphatic rings. The van der Waals surface area contributed by atoms with E-state index in [0.29, 0.717) is 28.9 Å². The monoisotopic (exact) mass is 330 g/mol. The molecule has 0 spiro atoms. The van der Waals surface area contributed by atoms with Gasteiger partial charge in [-0.15, -0.1) is 5.10 Å². The number of nitrogens with one attached hydrogen (secondary N) is 1. The van der Waals surface area contributed by atoms with Crippen molar-refractivity contribution in [1.82, 2.24) is 20.2 Å². The van der Waals surface area contributed by atoms with Crippen molar-refractivity contribution in [2.45, 2.75) is 37.7 Å². The largest absolute Gasteiger partial charge is 0.325 e. The minimum Gasteiger partial charge on any atom is -0.325 e. The number of carbonyl (C=O) groups excluding carboxylic acids is 1. The Morgan fingerprint density at radius 1 is 1.35 bits per heavy atom. The third-order valence-electron chi connectivity index (χ3n) is 2.97. The van der Waals surface area contributed by atoms with Crippen LogP contribution in [0.5, 0.6) is 0 Å². The predicted molar refractivity (Wildman–Crippen MR) is 87.8 cm³/mol. The number of aromatic nitrogens is 4. The summed E-state index contributed by atoms with van der Waals surface area (Å²) in [6, 6.07) is 8.78. The number of hydrogen-bond donors (Lipinski definition) is 1. The highest BCUT2D eigenvalue weighted by molar-refractivity contribution is 8.00. The van der Waals surface area contributed by atoms with Gasteiger partial charge in [-0.2, -0.15) is 5.26 Å². The number of nitriles is 1. The zero-order valence-corrected chi connectivity index (χ0v) is 14.0. The average molecular weight is 330 g/mol. The lowest BCUT2D eigenvalue weighted by molar-refractivity contribution is -0.115. The molecule has 1 aromatic carbocycles. The lowest BCUT2D eigenvalue weighted by atomic mass is 10.2. The van der Waals surface area contributed by atoms with Crippen LogP contribution in [0, 0.1) is 17.2 Å². The molecule has 0 bridgehead atoms. The third kappa shape index (κ3) is 4.79. The van der Waals surface area contributed by atoms with Crippen LogP contribution in [-0.2, 0) is 11.3 Å². The molecule has 0 aliphatic heterocycles. The molecule has 1 heterocycles. The highest BCUT2D eigenvalue weighted by Crippen LogP contribution is 2.22. The van der Waals surface area contributed by atoms with Crippen LogP contribution >= 0.6 is 11.8 Å². The van der Waals surface area contributed by atoms with Gasteiger partial charge in [-0.05, 0) is 47.5 Å². The lowest BCUT2D eigenvalue weighted by Crippen LogP contribution is -2.23. The molecule has 1 N–H and O–H groups in total. The third-order valence-corrected chi connectivity index (χ3v) is 4.04. The van der Waals surface area contributed by atoms with Crippen LogP contribution in [0.1, 0.15) is 26.3 Å². The number of nitrogens with zero attached hydrogens (tertiary/aromatic N) is 5. The van der Waals surface area contributed by atoms with E-state index in [-0.39, 0.29) is 11.2 Å². The SMILES string of the molecule is CC(C)Cn1nnnc1S[C@@H](C)C(=O)Nc1ccc(C#N)cc1. The molecule has 23 heavy (non-hydrogen) atoms. The fraction of sp³-hybridized carbons (Fsp3) is 0.400. The maximum atomic E-state index is 12.3. The number of amides is 1. The normalized spacial score (nSPS) is 12.0. The van der Waals surface area contributed by atoms with Gasteiger partial charge >= 0.3 is 0 Å². The first kappa shape index (κ1) is 17.0. The summed E-state index contributed by atoms with van der Waals surface area (Å²) in [4.78, 5) is 12.3. The standard InChI is InChI=1S/C15H18N6OS/c1-10(2)9-21-15(18-19-20-21)23-11(3)14(22)17-13-6-4-12(8-16)5-7-13/h4-7,10-11H,9H2,1-3H3,(H,17,22)/t11-/m0/s1. The highest BCUT2D eigenvalue weighted by atomic mass is 32.2. The molecule has 0 radical (unpaired) electrons. The van der Waals surface area contributed by atoms with Crippen LogP contribution in [0.2, 0.25) is 0 Å². The van der Waals surface area contributed by atoms with Crippen molar-refractivity contribution in [3.05, 3.63) is 29.8 Å². The summed E-state index contributed by atoms with van der Waals surface area (Å²) in [5.74, 6) is 0.277. The molecule has 8 heteroatoms. The van der Waals surface area contributed by atoms with Gasteiger partial charge in [0.2, 0.25) is 11.1 Å². The van der Waals surface area contributed by atoms with Crippen molar-refractivity contribution in [1.29, 1.82) is 5.26 Å². The fourth-order valence-corrected chi connectivity index (χ4v) is 2.62. The summed E-state index contributed by atoms with van der Waals surface area (Å²) in [6.07, 6.45) is 0. The van der Waals surface area contributed by atoms with E-state index < -0.39 is 0 Å². The van der Waals surface area contributed by atoms with Gasteiger partial charge in [-0.1, -0.05) is 25.6 Å². The quantitative estimate of drug-likeness (QED) is 0.817. The summed E-state index contributed by atoms with van der Waals surface area (Å²) in [5, 5.41) is 23.5. The Morgan fingerprint density at radius 2 is 2.04 bits per heavy atom. The molecule has 2 aromatic rings. The topological polar surface area (TPSA) is 96.5 Å². The molecule has 0 aliphatic carbocycles. The summed E-state index contributed by atoms with van der Waals surface area (Å²) < 4.78 is 1.71. The molecular weight excluding hydrogens is 312 g/mol. The van der Waals surface area contributed by atoms with E-state index in [9.17, 15) is 4.79 Å². The lowest BCUT2D eigenvalue weighted by Gasteiger charge is -2.12. The van der Waals surface area contributed by atoms with Gasteiger partial charge in [0.05, 0.1) is 16.9 Å². The number of hydrogen-bond acceptors (Lipinski definition) is 6. The number of anilines is 1. The predicted octanol–water partition coefficient (Wildman–Crippen LogP) is 2.32. The van der Waals surface area contributed by atoms with Crippen LogP contribution < -0.4 is 5.32 Å². The molecule has 1 amide bonds. The number of tetrazole rings is 1. The smallest absolute Gasteiger partial charge is 0.237 e. The van der Waals surface area contributed by atoms with Gasteiger partial charge in [0.15, 0.2) is 0 Å². The number of rotatable bonds is 6. The molecule has 7 nitrogen and oxygen atoms in total. The minimum absolute atomic E-state index is 0.140. The Labute approximate surface area is 139 Å². The molecule has 0 saturated carbocycles. The second kappa shape index (κ2) is 7.74. The van der Waals surface area contributed by atoms with Gasteiger partial charge < -0.3 is 5.32 Å². The van der Waals surface area contributed by atoms with E-state index in [4.69, 9.17) is 5.26 Å². The van der Waals surface area contributed by atoms with Crippen LogP contribution in [0.3, 0.4) is 0 Å². The van der Waals surface area contributed by atoms with Gasteiger partial charge in [-0.25, -0.2) is 4.68 Å². The molecular formula is C15H18N6OS. The number of carbonyl (C=O) groups is 1. The van der Waals surface area contributed by atoms with Gasteiger partial charge in [-0.3, -0.25) is 4.79 Å². The second-order valence-corrected chi connectivity index (χ2v) is 6.78. The van der Waals surface area contributed by atoms with Gasteiger partial charge in [0, 0.05) is 12.2 Å². The summed E-state index contributed by atoms with van der Waals surface area (Å²) in [6.45, 7) is 6.67. The first-order valence-electron chi connectivity index (χ1n) is 7.23. The molecule has 1 atom stereocenters. The van der Waals surface area contributed by atoms with E-state index in [1.54, 1.807) is 35.9 Å². The summed E-state index contributed by atoms with van der Waals surface area (Å²) in [5.41, 5.74) is 1.21. The Kier molecular flexibility index (Phi) is 5.71. The molecule has 0 unspecified atom stereocenters. The fourth-order valence-electron chi connectivity index (χ4n) is 1.82. The Bertz CT molecular complexity index is 704. The first-order chi connectivity index (χ1) is 11.0. The zero-order valence-electron chi connectivity index (χ0n) is 13.2. The average Bonchev–Trinajstić information content (AvgIpc) is 2.94. The van der Waals surface area contributed by atoms with Gasteiger partial charge in [0.1, 0.15) is 0 Å². The van der Waals surface area contributed by atoms with Crippen molar-refractivity contribution in [3.63, 3.8) is 0 Å². The van der Waals surface area contributed by atoms with Crippen LogP contribution in [-0.4, -0.2) is 31.4 Å². The van der Waals surface area contributed by atoms with Crippen LogP contribution in [0.4, 0.5) is 5.69 Å². The second-order valence-electron chi connectivity index (χ2n) is 5.48. The van der Waals surface area contributed by atoms with E-state index in [1.165, 1.54) is 11.8 Å². The summed E-state index contributed by atoms with van der Waals surface area (Å²) >= 11 is 1.32. The molecule has 0 saturated heterocycles. The van der Waals surface area contributed by atoms with Crippen LogP contribution in [0.25, 0.3) is 0 Å². The van der Waals surface area contributed by atoms with Crippen molar-refractivity contribution in [2.75, 3.05) is 5.32 Å². The highest BCUT2D eigenvalue weighted by Gasteiger charge is 2.19. The van der Waals surface area contributed by atoms with Crippen LogP contribution in [0.15, 0.2) is 29.4 Å². The van der Waals surface area contributed by atoms with Crippen molar-refractivity contribution >= 4 is 23.4 Å². The van der Waals surface area contributed by atoms with E-state index in [1.807, 2.05) is 6.07 Å². The van der Waals surface area contributed by atoms with Crippen molar-refractivity contribution in [3.8, 4) is 6.07 Å². The van der Waals surface area contributed by atoms with Crippen molar-refractivity contribution < 1.29 is 4.79 Å². The van der Waals surface area contributed by atoms with Gasteiger partial charge in [0.25, 0.3) is 0 Å². The first-order valence-corrected chi connectivity index (χ1v) is 8.11. The van der Waals surface area contributed by atoms with E-state index in [0.717, 1.165) is 0 Å².